The predicted molar refractivity (Wildman–Crippen MR) is 71.4 cm³/mol. The minimum absolute atomic E-state index is 0.00832. The van der Waals surface area contributed by atoms with Gasteiger partial charge in [-0.1, -0.05) is 27.5 Å². The summed E-state index contributed by atoms with van der Waals surface area (Å²) in [5.41, 5.74) is 0.775. The zero-order chi connectivity index (χ0) is 13.1. The van der Waals surface area contributed by atoms with Crippen molar-refractivity contribution in [2.24, 2.45) is 0 Å². The summed E-state index contributed by atoms with van der Waals surface area (Å²) < 4.78 is 14.2. The molecule has 2 nitrogen and oxygen atoms in total. The molecule has 0 amide bonds. The first-order chi connectivity index (χ1) is 8.56. The molecule has 1 heterocycles. The van der Waals surface area contributed by atoms with E-state index in [4.69, 9.17) is 11.6 Å². The Morgan fingerprint density at radius 2 is 2.11 bits per heavy atom. The van der Waals surface area contributed by atoms with E-state index >= 15 is 0 Å². The van der Waals surface area contributed by atoms with E-state index in [0.29, 0.717) is 11.1 Å². The molecular formula is C13H8BrClFNO. The second kappa shape index (κ2) is 5.59. The van der Waals surface area contributed by atoms with E-state index in [1.54, 1.807) is 18.2 Å². The van der Waals surface area contributed by atoms with Gasteiger partial charge in [-0.2, -0.15) is 0 Å². The van der Waals surface area contributed by atoms with E-state index in [0.717, 1.165) is 4.47 Å². The summed E-state index contributed by atoms with van der Waals surface area (Å²) in [7, 11) is 0. The number of hydrogen-bond donors (Lipinski definition) is 0. The van der Waals surface area contributed by atoms with Gasteiger partial charge in [0.2, 0.25) is 0 Å². The first kappa shape index (κ1) is 13.2. The molecule has 0 saturated heterocycles. The minimum Gasteiger partial charge on any atom is -0.294 e. The Bertz CT molecular complexity index is 603. The second-order valence-electron chi connectivity index (χ2n) is 3.70. The molecule has 92 valence electrons. The van der Waals surface area contributed by atoms with E-state index in [1.807, 2.05) is 0 Å². The van der Waals surface area contributed by atoms with Gasteiger partial charge in [0.25, 0.3) is 0 Å². The molecule has 0 aliphatic heterocycles. The fourth-order valence-corrected chi connectivity index (χ4v) is 2.11. The van der Waals surface area contributed by atoms with Crippen molar-refractivity contribution in [3.63, 3.8) is 0 Å². The van der Waals surface area contributed by atoms with Crippen LogP contribution in [0.4, 0.5) is 4.39 Å². The average Bonchev–Trinajstić information content (AvgIpc) is 2.34. The number of hydrogen-bond acceptors (Lipinski definition) is 2. The summed E-state index contributed by atoms with van der Waals surface area (Å²) in [5, 5.41) is 0.246. The summed E-state index contributed by atoms with van der Waals surface area (Å²) in [5.74, 6) is -0.594. The molecule has 0 aliphatic carbocycles. The number of carbonyl (C=O) groups excluding carboxylic acids is 1. The number of nitrogens with zero attached hydrogens (tertiary/aromatic N) is 1. The minimum atomic E-state index is -0.397. The Kier molecular flexibility index (Phi) is 4.09. The molecule has 1 aromatic heterocycles. The molecule has 5 heteroatoms. The molecule has 0 bridgehead atoms. The van der Waals surface area contributed by atoms with E-state index in [-0.39, 0.29) is 17.4 Å². The highest BCUT2D eigenvalue weighted by molar-refractivity contribution is 9.10. The highest BCUT2D eigenvalue weighted by Gasteiger charge is 2.11. The maximum absolute atomic E-state index is 13.5. The maximum Gasteiger partial charge on any atom is 0.167 e. The SMILES string of the molecule is O=C(Cc1cc(Br)ccc1F)c1ccnc(Cl)c1. The third-order valence-corrected chi connectivity index (χ3v) is 3.11. The summed E-state index contributed by atoms with van der Waals surface area (Å²) >= 11 is 8.95. The quantitative estimate of drug-likeness (QED) is 0.628. The van der Waals surface area contributed by atoms with E-state index in [1.165, 1.54) is 18.3 Å². The van der Waals surface area contributed by atoms with Crippen LogP contribution in [0.25, 0.3) is 0 Å². The van der Waals surface area contributed by atoms with Crippen molar-refractivity contribution in [2.45, 2.75) is 6.42 Å². The Morgan fingerprint density at radius 1 is 1.33 bits per heavy atom. The smallest absolute Gasteiger partial charge is 0.167 e. The molecule has 0 atom stereocenters. The number of pyridine rings is 1. The van der Waals surface area contributed by atoms with Gasteiger partial charge in [-0.15, -0.1) is 0 Å². The lowest BCUT2D eigenvalue weighted by atomic mass is 10.0. The monoisotopic (exact) mass is 327 g/mol. The van der Waals surface area contributed by atoms with Crippen molar-refractivity contribution in [3.05, 3.63) is 63.1 Å². The molecule has 1 aromatic carbocycles. The van der Waals surface area contributed by atoms with Crippen LogP contribution in [0.5, 0.6) is 0 Å². The summed E-state index contributed by atoms with van der Waals surface area (Å²) in [6.45, 7) is 0. The number of halogens is 3. The first-order valence-electron chi connectivity index (χ1n) is 5.15. The van der Waals surface area contributed by atoms with Crippen LogP contribution >= 0.6 is 27.5 Å². The molecule has 18 heavy (non-hydrogen) atoms. The molecule has 0 N–H and O–H groups in total. The third kappa shape index (κ3) is 3.15. The lowest BCUT2D eigenvalue weighted by Gasteiger charge is -2.04. The number of benzene rings is 1. The van der Waals surface area contributed by atoms with Gasteiger partial charge in [0.1, 0.15) is 11.0 Å². The van der Waals surface area contributed by atoms with Crippen LogP contribution in [0.2, 0.25) is 5.15 Å². The van der Waals surface area contributed by atoms with Gasteiger partial charge in [0.15, 0.2) is 5.78 Å². The average molecular weight is 329 g/mol. The van der Waals surface area contributed by atoms with Crippen molar-refractivity contribution in [2.75, 3.05) is 0 Å². The number of carbonyl (C=O) groups is 1. The fourth-order valence-electron chi connectivity index (χ4n) is 1.53. The fraction of sp³-hybridized carbons (Fsp3) is 0.0769. The van der Waals surface area contributed by atoms with Crippen LogP contribution in [0.15, 0.2) is 41.0 Å². The summed E-state index contributed by atoms with van der Waals surface area (Å²) in [6.07, 6.45) is 1.44. The number of rotatable bonds is 3. The lowest BCUT2D eigenvalue weighted by molar-refractivity contribution is 0.0991. The van der Waals surface area contributed by atoms with Crippen LogP contribution in [0.1, 0.15) is 15.9 Å². The van der Waals surface area contributed by atoms with Gasteiger partial charge >= 0.3 is 0 Å². The van der Waals surface area contributed by atoms with Crippen LogP contribution in [0.3, 0.4) is 0 Å². The Balaban J connectivity index is 2.24. The molecule has 0 saturated carbocycles. The van der Waals surface area contributed by atoms with Crippen molar-refractivity contribution in [1.29, 1.82) is 0 Å². The molecule has 2 rings (SSSR count). The number of Topliss-reactive ketones (excluding diaryl/α,β-unsaturated/α-hetero) is 1. The highest BCUT2D eigenvalue weighted by atomic mass is 79.9. The largest absolute Gasteiger partial charge is 0.294 e. The van der Waals surface area contributed by atoms with Gasteiger partial charge in [-0.3, -0.25) is 4.79 Å². The zero-order valence-electron chi connectivity index (χ0n) is 9.16. The van der Waals surface area contributed by atoms with Gasteiger partial charge < -0.3 is 0 Å². The van der Waals surface area contributed by atoms with Crippen molar-refractivity contribution in [3.8, 4) is 0 Å². The van der Waals surface area contributed by atoms with E-state index in [2.05, 4.69) is 20.9 Å². The summed E-state index contributed by atoms with van der Waals surface area (Å²) in [6, 6.07) is 7.54. The van der Waals surface area contributed by atoms with Crippen molar-refractivity contribution >= 4 is 33.3 Å². The maximum atomic E-state index is 13.5. The summed E-state index contributed by atoms with van der Waals surface area (Å²) in [4.78, 5) is 15.8. The normalized spacial score (nSPS) is 10.4. The third-order valence-electron chi connectivity index (χ3n) is 2.41. The first-order valence-corrected chi connectivity index (χ1v) is 6.32. The lowest BCUT2D eigenvalue weighted by Crippen LogP contribution is -2.05. The van der Waals surface area contributed by atoms with E-state index < -0.39 is 5.82 Å². The highest BCUT2D eigenvalue weighted by Crippen LogP contribution is 2.18. The predicted octanol–water partition coefficient (Wildman–Crippen LogP) is 4.06. The molecule has 0 unspecified atom stereocenters. The number of ketones is 1. The number of aromatic nitrogens is 1. The van der Waals surface area contributed by atoms with Crippen LogP contribution in [0, 0.1) is 5.82 Å². The standard InChI is InChI=1S/C13H8BrClFNO/c14-10-1-2-11(16)9(5-10)6-12(18)8-3-4-17-13(15)7-8/h1-5,7H,6H2. The molecular weight excluding hydrogens is 321 g/mol. The van der Waals surface area contributed by atoms with Gasteiger partial charge in [-0.05, 0) is 35.9 Å². The molecule has 0 fully saturated rings. The van der Waals surface area contributed by atoms with Crippen molar-refractivity contribution < 1.29 is 9.18 Å². The second-order valence-corrected chi connectivity index (χ2v) is 5.01. The zero-order valence-corrected chi connectivity index (χ0v) is 11.5. The topological polar surface area (TPSA) is 30.0 Å². The Hall–Kier alpha value is -1.26. The van der Waals surface area contributed by atoms with E-state index in [9.17, 15) is 9.18 Å². The molecule has 0 radical (unpaired) electrons. The van der Waals surface area contributed by atoms with Crippen molar-refractivity contribution in [1.82, 2.24) is 4.98 Å². The van der Waals surface area contributed by atoms with Gasteiger partial charge in [-0.25, -0.2) is 9.37 Å². The van der Waals surface area contributed by atoms with Crippen LogP contribution < -0.4 is 0 Å². The van der Waals surface area contributed by atoms with Crippen LogP contribution in [-0.4, -0.2) is 10.8 Å². The van der Waals surface area contributed by atoms with Crippen LogP contribution in [-0.2, 0) is 6.42 Å². The van der Waals surface area contributed by atoms with Gasteiger partial charge in [0.05, 0.1) is 0 Å². The van der Waals surface area contributed by atoms with Gasteiger partial charge in [0, 0.05) is 22.7 Å². The molecule has 2 aromatic rings. The molecule has 0 spiro atoms. The molecule has 0 aliphatic rings. The Morgan fingerprint density at radius 3 is 2.83 bits per heavy atom. The Labute approximate surface area is 117 Å².